The Labute approximate surface area is 172 Å². The lowest BCUT2D eigenvalue weighted by Crippen LogP contribution is -2.08. The number of halogens is 6. The van der Waals surface area contributed by atoms with Gasteiger partial charge < -0.3 is 5.32 Å². The number of nitro groups is 3. The third kappa shape index (κ3) is 4.41. The molecule has 29 heavy (non-hydrogen) atoms. The molecule has 0 aromatic heterocycles. The summed E-state index contributed by atoms with van der Waals surface area (Å²) in [7, 11) is 0. The minimum absolute atomic E-state index is 0.362. The first-order valence-electron chi connectivity index (χ1n) is 6.88. The Kier molecular flexibility index (Phi) is 6.06. The number of nitro benzene ring substituents is 3. The van der Waals surface area contributed by atoms with Gasteiger partial charge in [-0.1, -0.05) is 34.8 Å². The molecule has 0 fully saturated rings. The lowest BCUT2D eigenvalue weighted by Gasteiger charge is -2.16. The molecule has 0 unspecified atom stereocenters. The predicted molar refractivity (Wildman–Crippen MR) is 96.2 cm³/mol. The molecule has 0 radical (unpaired) electrons. The molecule has 16 heteroatoms. The molecule has 0 atom stereocenters. The Hall–Kier alpha value is -2.90. The molecule has 0 bridgehead atoms. The Bertz CT molecular complexity index is 1030. The van der Waals surface area contributed by atoms with Crippen molar-refractivity contribution < 1.29 is 27.9 Å². The molecule has 0 saturated carbocycles. The summed E-state index contributed by atoms with van der Waals surface area (Å²) < 4.78 is 38.9. The molecule has 2 rings (SSSR count). The molecule has 0 aliphatic heterocycles. The molecule has 0 aliphatic carbocycles. The van der Waals surface area contributed by atoms with Crippen LogP contribution in [0.15, 0.2) is 18.2 Å². The lowest BCUT2D eigenvalue weighted by atomic mass is 10.1. The van der Waals surface area contributed by atoms with E-state index in [1.54, 1.807) is 0 Å². The van der Waals surface area contributed by atoms with Crippen LogP contribution in [0.5, 0.6) is 0 Å². The van der Waals surface area contributed by atoms with E-state index in [0.717, 1.165) is 0 Å². The molecule has 2 aromatic rings. The molecule has 0 aliphatic rings. The highest BCUT2D eigenvalue weighted by atomic mass is 35.5. The van der Waals surface area contributed by atoms with Gasteiger partial charge in [0.2, 0.25) is 0 Å². The van der Waals surface area contributed by atoms with Crippen molar-refractivity contribution in [3.8, 4) is 0 Å². The van der Waals surface area contributed by atoms with Crippen LogP contribution in [-0.4, -0.2) is 14.8 Å². The van der Waals surface area contributed by atoms with Gasteiger partial charge in [-0.3, -0.25) is 30.3 Å². The van der Waals surface area contributed by atoms with Gasteiger partial charge in [0.25, 0.3) is 5.69 Å². The van der Waals surface area contributed by atoms with Crippen molar-refractivity contribution in [2.24, 2.45) is 0 Å². The highest BCUT2D eigenvalue weighted by Gasteiger charge is 2.37. The number of anilines is 2. The maximum Gasteiger partial charge on any atom is 0.417 e. The normalized spacial score (nSPS) is 11.2. The molecule has 2 aromatic carbocycles. The van der Waals surface area contributed by atoms with Crippen molar-refractivity contribution >= 4 is 63.2 Å². The van der Waals surface area contributed by atoms with Crippen LogP contribution in [0.4, 0.5) is 41.6 Å². The van der Waals surface area contributed by atoms with Gasteiger partial charge in [-0.15, -0.1) is 0 Å². The number of non-ortho nitro benzene ring substituents is 1. The summed E-state index contributed by atoms with van der Waals surface area (Å²) in [5, 5.41) is 33.0. The van der Waals surface area contributed by atoms with Crippen LogP contribution in [-0.2, 0) is 6.18 Å². The zero-order valence-electron chi connectivity index (χ0n) is 13.3. The number of benzene rings is 2. The van der Waals surface area contributed by atoms with Crippen LogP contribution >= 0.6 is 34.8 Å². The van der Waals surface area contributed by atoms with E-state index in [9.17, 15) is 43.5 Å². The summed E-state index contributed by atoms with van der Waals surface area (Å²) in [6.45, 7) is 0. The minimum atomic E-state index is -4.94. The number of nitrogens with one attached hydrogen (secondary N) is 1. The van der Waals surface area contributed by atoms with E-state index in [2.05, 4.69) is 5.32 Å². The molecule has 1 N–H and O–H groups in total. The Balaban J connectivity index is 2.78. The molecule has 154 valence electrons. The zero-order valence-corrected chi connectivity index (χ0v) is 15.6. The third-order valence-corrected chi connectivity index (χ3v) is 4.57. The van der Waals surface area contributed by atoms with Gasteiger partial charge in [0, 0.05) is 0 Å². The smallest absolute Gasteiger partial charge is 0.342 e. The maximum absolute atomic E-state index is 13.0. The summed E-state index contributed by atoms with van der Waals surface area (Å²) in [5.74, 6) is 0. The number of hydrogen-bond acceptors (Lipinski definition) is 7. The van der Waals surface area contributed by atoms with E-state index >= 15 is 0 Å². The molecule has 0 saturated heterocycles. The first-order valence-corrected chi connectivity index (χ1v) is 8.02. The first-order chi connectivity index (χ1) is 13.3. The number of alkyl halides is 3. The SMILES string of the molecule is O=[N+]([O-])c1cc([N+](=O)[O-])c(Nc2c(Cl)cc(C(F)(F)F)c(Cl)c2Cl)c([N+](=O)[O-])c1. The maximum atomic E-state index is 13.0. The second-order valence-corrected chi connectivity index (χ2v) is 6.33. The standard InChI is InChI=1S/C13H4Cl3F3N4O6/c14-6-3-5(13(17,18)19)9(15)10(16)11(6)20-12-7(22(26)27)1-4(21(24)25)2-8(12)23(28)29/h1-3,20H. The van der Waals surface area contributed by atoms with E-state index in [1.807, 2.05) is 0 Å². The van der Waals surface area contributed by atoms with Crippen molar-refractivity contribution in [2.45, 2.75) is 6.18 Å². The highest BCUT2D eigenvalue weighted by Crippen LogP contribution is 2.48. The van der Waals surface area contributed by atoms with E-state index in [4.69, 9.17) is 34.8 Å². The quantitative estimate of drug-likeness (QED) is 0.311. The van der Waals surface area contributed by atoms with Crippen molar-refractivity contribution in [2.75, 3.05) is 5.32 Å². The fourth-order valence-electron chi connectivity index (χ4n) is 2.16. The van der Waals surface area contributed by atoms with E-state index in [1.165, 1.54) is 0 Å². The summed E-state index contributed by atoms with van der Waals surface area (Å²) >= 11 is 17.1. The van der Waals surface area contributed by atoms with Crippen molar-refractivity contribution in [1.29, 1.82) is 0 Å². The number of nitrogens with zero attached hydrogens (tertiary/aromatic N) is 3. The monoisotopic (exact) mass is 474 g/mol. The topological polar surface area (TPSA) is 141 Å². The van der Waals surface area contributed by atoms with E-state index in [0.29, 0.717) is 18.2 Å². The first kappa shape index (κ1) is 22.4. The summed E-state index contributed by atoms with van der Waals surface area (Å²) in [6, 6.07) is 1.20. The fourth-order valence-corrected chi connectivity index (χ4v) is 2.97. The van der Waals surface area contributed by atoms with Crippen LogP contribution in [0.2, 0.25) is 15.1 Å². The van der Waals surface area contributed by atoms with Crippen LogP contribution in [0, 0.1) is 30.3 Å². The molecule has 0 amide bonds. The average molecular weight is 476 g/mol. The predicted octanol–water partition coefficient (Wildman–Crippen LogP) is 6.13. The molecule has 0 heterocycles. The Morgan fingerprint density at radius 2 is 1.28 bits per heavy atom. The van der Waals surface area contributed by atoms with Crippen LogP contribution in [0.1, 0.15) is 5.56 Å². The Morgan fingerprint density at radius 3 is 1.66 bits per heavy atom. The second-order valence-electron chi connectivity index (χ2n) is 5.16. The number of rotatable bonds is 5. The van der Waals surface area contributed by atoms with Gasteiger partial charge in [-0.25, -0.2) is 0 Å². The summed E-state index contributed by atoms with van der Waals surface area (Å²) in [6.07, 6.45) is -4.94. The van der Waals surface area contributed by atoms with Gasteiger partial charge in [0.15, 0.2) is 5.69 Å². The van der Waals surface area contributed by atoms with E-state index in [-0.39, 0.29) is 0 Å². The van der Waals surface area contributed by atoms with Gasteiger partial charge in [-0.2, -0.15) is 13.2 Å². The molecule has 0 spiro atoms. The van der Waals surface area contributed by atoms with Crippen molar-refractivity contribution in [3.05, 3.63) is 69.2 Å². The molecular weight excluding hydrogens is 472 g/mol. The summed E-state index contributed by atoms with van der Waals surface area (Å²) in [5.41, 5.74) is -6.11. The van der Waals surface area contributed by atoms with E-state index < -0.39 is 70.0 Å². The van der Waals surface area contributed by atoms with Crippen LogP contribution in [0.3, 0.4) is 0 Å². The summed E-state index contributed by atoms with van der Waals surface area (Å²) in [4.78, 5) is 30.0. The Morgan fingerprint density at radius 1 is 0.793 bits per heavy atom. The van der Waals surface area contributed by atoms with Crippen LogP contribution in [0.25, 0.3) is 0 Å². The van der Waals surface area contributed by atoms with Crippen molar-refractivity contribution in [3.63, 3.8) is 0 Å². The largest absolute Gasteiger partial charge is 0.417 e. The van der Waals surface area contributed by atoms with Gasteiger partial charge in [-0.05, 0) is 6.07 Å². The number of hydrogen-bond donors (Lipinski definition) is 1. The highest BCUT2D eigenvalue weighted by molar-refractivity contribution is 6.46. The van der Waals surface area contributed by atoms with Gasteiger partial charge in [0.1, 0.15) is 0 Å². The molecule has 10 nitrogen and oxygen atoms in total. The third-order valence-electron chi connectivity index (χ3n) is 3.40. The zero-order chi connectivity index (χ0) is 22.3. The van der Waals surface area contributed by atoms with Gasteiger partial charge in [0.05, 0.1) is 53.2 Å². The van der Waals surface area contributed by atoms with Gasteiger partial charge >= 0.3 is 17.6 Å². The molecular formula is C13H4Cl3F3N4O6. The van der Waals surface area contributed by atoms with Crippen LogP contribution < -0.4 is 5.32 Å². The van der Waals surface area contributed by atoms with Crippen molar-refractivity contribution in [1.82, 2.24) is 0 Å². The minimum Gasteiger partial charge on any atom is -0.342 e. The fraction of sp³-hybridized carbons (Fsp3) is 0.0769. The second kappa shape index (κ2) is 7.85. The lowest BCUT2D eigenvalue weighted by molar-refractivity contribution is -0.401. The average Bonchev–Trinajstić information content (AvgIpc) is 2.59.